The quantitative estimate of drug-likeness (QED) is 0.866. The zero-order valence-corrected chi connectivity index (χ0v) is 15.5. The van der Waals surface area contributed by atoms with Gasteiger partial charge in [-0.05, 0) is 30.4 Å². The van der Waals surface area contributed by atoms with Crippen molar-refractivity contribution in [3.8, 4) is 0 Å². The number of piperazine rings is 1. The van der Waals surface area contributed by atoms with Crippen molar-refractivity contribution in [2.45, 2.75) is 32.4 Å². The number of thiophene rings is 1. The molecular weight excluding hydrogens is 340 g/mol. The van der Waals surface area contributed by atoms with Gasteiger partial charge in [0.25, 0.3) is 0 Å². The molecule has 0 spiro atoms. The summed E-state index contributed by atoms with van der Waals surface area (Å²) in [5.41, 5.74) is 1.25. The number of urea groups is 1. The molecule has 1 N–H and O–H groups in total. The Labute approximate surface area is 151 Å². The van der Waals surface area contributed by atoms with Crippen LogP contribution in [0.3, 0.4) is 0 Å². The first-order valence-corrected chi connectivity index (χ1v) is 9.45. The lowest BCUT2D eigenvalue weighted by Gasteiger charge is -2.41. The second-order valence-electron chi connectivity index (χ2n) is 6.57. The molecule has 25 heavy (non-hydrogen) atoms. The maximum absolute atomic E-state index is 12.4. The van der Waals surface area contributed by atoms with Crippen LogP contribution in [0.1, 0.15) is 23.3 Å². The lowest BCUT2D eigenvalue weighted by atomic mass is 10.1. The molecule has 3 heterocycles. The lowest BCUT2D eigenvalue weighted by molar-refractivity contribution is -0.135. The molecule has 7 nitrogen and oxygen atoms in total. The molecule has 2 saturated heterocycles. The lowest BCUT2D eigenvalue weighted by Crippen LogP contribution is -2.62. The van der Waals surface area contributed by atoms with Gasteiger partial charge in [0, 0.05) is 44.5 Å². The maximum atomic E-state index is 12.4. The van der Waals surface area contributed by atoms with Crippen molar-refractivity contribution < 1.29 is 14.4 Å². The van der Waals surface area contributed by atoms with E-state index < -0.39 is 0 Å². The predicted octanol–water partition coefficient (Wildman–Crippen LogP) is 1.03. The summed E-state index contributed by atoms with van der Waals surface area (Å²) in [5.74, 6) is 0.00881. The first-order chi connectivity index (χ1) is 12.0. The van der Waals surface area contributed by atoms with Crippen LogP contribution in [-0.4, -0.2) is 71.9 Å². The largest absolute Gasteiger partial charge is 0.340 e. The van der Waals surface area contributed by atoms with Crippen molar-refractivity contribution in [2.24, 2.45) is 0 Å². The molecule has 136 valence electrons. The highest BCUT2D eigenvalue weighted by Gasteiger charge is 2.34. The fourth-order valence-electron chi connectivity index (χ4n) is 3.25. The number of carbonyl (C=O) groups is 3. The van der Waals surface area contributed by atoms with Crippen LogP contribution in [0.25, 0.3) is 0 Å². The van der Waals surface area contributed by atoms with E-state index in [2.05, 4.69) is 28.6 Å². The van der Waals surface area contributed by atoms with Crippen LogP contribution in [0, 0.1) is 6.92 Å². The van der Waals surface area contributed by atoms with Crippen LogP contribution >= 0.6 is 11.3 Å². The van der Waals surface area contributed by atoms with Crippen molar-refractivity contribution in [3.63, 3.8) is 0 Å². The molecule has 3 rings (SSSR count). The van der Waals surface area contributed by atoms with E-state index in [1.54, 1.807) is 11.3 Å². The maximum Gasteiger partial charge on any atom is 0.325 e. The highest BCUT2D eigenvalue weighted by atomic mass is 32.1. The van der Waals surface area contributed by atoms with E-state index in [1.807, 2.05) is 4.90 Å². The van der Waals surface area contributed by atoms with E-state index >= 15 is 0 Å². The molecule has 8 heteroatoms. The SMILES string of the molecule is Cc1ccsc1CCC(=O)N1CCN(C2CC(=O)N(C)C(=O)N2)CC1. The van der Waals surface area contributed by atoms with E-state index in [4.69, 9.17) is 0 Å². The average Bonchev–Trinajstić information content (AvgIpc) is 3.02. The Hall–Kier alpha value is -1.93. The van der Waals surface area contributed by atoms with Crippen molar-refractivity contribution in [3.05, 3.63) is 21.9 Å². The molecule has 1 unspecified atom stereocenters. The smallest absolute Gasteiger partial charge is 0.325 e. The van der Waals surface area contributed by atoms with Gasteiger partial charge in [-0.3, -0.25) is 19.4 Å². The van der Waals surface area contributed by atoms with E-state index in [0.717, 1.165) is 11.3 Å². The Morgan fingerprint density at radius 1 is 1.28 bits per heavy atom. The minimum atomic E-state index is -0.355. The van der Waals surface area contributed by atoms with Gasteiger partial charge in [-0.2, -0.15) is 0 Å². The van der Waals surface area contributed by atoms with Gasteiger partial charge in [-0.1, -0.05) is 0 Å². The van der Waals surface area contributed by atoms with Gasteiger partial charge in [-0.15, -0.1) is 11.3 Å². The number of aryl methyl sites for hydroxylation is 2. The van der Waals surface area contributed by atoms with Gasteiger partial charge in [0.2, 0.25) is 11.8 Å². The summed E-state index contributed by atoms with van der Waals surface area (Å²) in [6, 6.07) is 1.73. The first-order valence-electron chi connectivity index (χ1n) is 8.57. The van der Waals surface area contributed by atoms with E-state index in [1.165, 1.54) is 17.5 Å². The molecule has 1 aromatic heterocycles. The van der Waals surface area contributed by atoms with Gasteiger partial charge in [0.05, 0.1) is 12.6 Å². The van der Waals surface area contributed by atoms with Gasteiger partial charge >= 0.3 is 6.03 Å². The third kappa shape index (κ3) is 4.01. The van der Waals surface area contributed by atoms with Crippen molar-refractivity contribution in [1.82, 2.24) is 20.0 Å². The molecule has 0 aliphatic carbocycles. The van der Waals surface area contributed by atoms with E-state index in [0.29, 0.717) is 32.6 Å². The number of hydrogen-bond donors (Lipinski definition) is 1. The number of nitrogens with zero attached hydrogens (tertiary/aromatic N) is 3. The van der Waals surface area contributed by atoms with Crippen molar-refractivity contribution >= 4 is 29.2 Å². The number of amides is 4. The zero-order chi connectivity index (χ0) is 18.0. The fourth-order valence-corrected chi connectivity index (χ4v) is 4.16. The molecule has 4 amide bonds. The fraction of sp³-hybridized carbons (Fsp3) is 0.588. The summed E-state index contributed by atoms with van der Waals surface area (Å²) < 4.78 is 0. The Balaban J connectivity index is 1.47. The highest BCUT2D eigenvalue weighted by Crippen LogP contribution is 2.18. The summed E-state index contributed by atoms with van der Waals surface area (Å²) in [7, 11) is 1.49. The molecule has 1 aromatic rings. The minimum absolute atomic E-state index is 0.168. The van der Waals surface area contributed by atoms with Gasteiger partial charge < -0.3 is 10.2 Å². The number of hydrogen-bond acceptors (Lipinski definition) is 5. The van der Waals surface area contributed by atoms with Crippen LogP contribution in [0.5, 0.6) is 0 Å². The Morgan fingerprint density at radius 2 is 2.00 bits per heavy atom. The number of nitrogens with one attached hydrogen (secondary N) is 1. The molecule has 2 aliphatic heterocycles. The zero-order valence-electron chi connectivity index (χ0n) is 14.7. The van der Waals surface area contributed by atoms with Gasteiger partial charge in [-0.25, -0.2) is 4.79 Å². The molecule has 0 radical (unpaired) electrons. The van der Waals surface area contributed by atoms with Crippen molar-refractivity contribution in [2.75, 3.05) is 33.2 Å². The normalized spacial score (nSPS) is 22.2. The Bertz CT molecular complexity index is 649. The molecule has 2 aliphatic rings. The van der Waals surface area contributed by atoms with Crippen molar-refractivity contribution in [1.29, 1.82) is 0 Å². The summed E-state index contributed by atoms with van der Waals surface area (Å²) in [6.07, 6.45) is 1.35. The van der Waals surface area contributed by atoms with Crippen LogP contribution in [0.2, 0.25) is 0 Å². The minimum Gasteiger partial charge on any atom is -0.340 e. The molecule has 0 bridgehead atoms. The Morgan fingerprint density at radius 3 is 2.60 bits per heavy atom. The molecule has 1 atom stereocenters. The first kappa shape index (κ1) is 17.9. The molecule has 2 fully saturated rings. The topological polar surface area (TPSA) is 73.0 Å². The van der Waals surface area contributed by atoms with E-state index in [-0.39, 0.29) is 30.4 Å². The summed E-state index contributed by atoms with van der Waals surface area (Å²) in [4.78, 5) is 42.4. The molecule has 0 saturated carbocycles. The number of carbonyl (C=O) groups excluding carboxylic acids is 3. The average molecular weight is 364 g/mol. The monoisotopic (exact) mass is 364 g/mol. The van der Waals surface area contributed by atoms with Crippen LogP contribution in [-0.2, 0) is 16.0 Å². The van der Waals surface area contributed by atoms with Gasteiger partial charge in [0.15, 0.2) is 0 Å². The predicted molar refractivity (Wildman–Crippen MR) is 95.2 cm³/mol. The van der Waals surface area contributed by atoms with Crippen LogP contribution in [0.15, 0.2) is 11.4 Å². The van der Waals surface area contributed by atoms with Gasteiger partial charge in [0.1, 0.15) is 0 Å². The summed E-state index contributed by atoms with van der Waals surface area (Å²) >= 11 is 1.70. The second-order valence-corrected chi connectivity index (χ2v) is 7.57. The number of imide groups is 1. The number of rotatable bonds is 4. The standard InChI is InChI=1S/C17H24N4O3S/c1-12-5-10-25-13(12)3-4-15(22)21-8-6-20(7-9-21)14-11-16(23)19(2)17(24)18-14/h5,10,14H,3-4,6-9,11H2,1-2H3,(H,18,24). The highest BCUT2D eigenvalue weighted by molar-refractivity contribution is 7.10. The van der Waals surface area contributed by atoms with Crippen LogP contribution < -0.4 is 5.32 Å². The summed E-state index contributed by atoms with van der Waals surface area (Å²) in [6.45, 7) is 4.70. The third-order valence-corrected chi connectivity index (χ3v) is 6.06. The summed E-state index contributed by atoms with van der Waals surface area (Å²) in [5, 5.41) is 4.91. The van der Waals surface area contributed by atoms with E-state index in [9.17, 15) is 14.4 Å². The molecular formula is C17H24N4O3S. The second kappa shape index (κ2) is 7.53. The molecule has 0 aromatic carbocycles. The van der Waals surface area contributed by atoms with Crippen LogP contribution in [0.4, 0.5) is 4.79 Å². The third-order valence-electron chi connectivity index (χ3n) is 4.98. The Kier molecular flexibility index (Phi) is 5.39.